The minimum Gasteiger partial charge on any atom is -0.508 e. The summed E-state index contributed by atoms with van der Waals surface area (Å²) in [5.41, 5.74) is 8.83. The van der Waals surface area contributed by atoms with E-state index in [2.05, 4.69) is 45.7 Å². The van der Waals surface area contributed by atoms with Crippen molar-refractivity contribution in [3.05, 3.63) is 89.9 Å². The van der Waals surface area contributed by atoms with E-state index in [1.54, 1.807) is 18.3 Å². The lowest BCUT2D eigenvalue weighted by Gasteiger charge is -2.27. The van der Waals surface area contributed by atoms with Gasteiger partial charge in [0, 0.05) is 24.5 Å². The van der Waals surface area contributed by atoms with Crippen LogP contribution in [0, 0.1) is 5.82 Å². The van der Waals surface area contributed by atoms with E-state index >= 15 is 0 Å². The lowest BCUT2D eigenvalue weighted by Crippen LogP contribution is -2.37. The Labute approximate surface area is 227 Å². The summed E-state index contributed by atoms with van der Waals surface area (Å²) in [5, 5.41) is 17.5. The molecule has 1 aromatic heterocycles. The molecule has 2 heterocycles. The SMILES string of the molecule is CC(C)c1cc(Nc2ccc(-c3cccc(O)c3)cc2)ccc1/C=N/Nc1ncc(F)c(N2CCOCC2)n1. The molecule has 5 rings (SSSR count). The van der Waals surface area contributed by atoms with Crippen LogP contribution < -0.4 is 15.6 Å². The third-order valence-corrected chi connectivity index (χ3v) is 6.47. The molecule has 0 amide bonds. The van der Waals surface area contributed by atoms with Crippen LogP contribution in [0.2, 0.25) is 0 Å². The highest BCUT2D eigenvalue weighted by atomic mass is 19.1. The number of phenols is 1. The zero-order valence-electron chi connectivity index (χ0n) is 21.9. The molecule has 0 radical (unpaired) electrons. The fraction of sp³-hybridized carbons (Fsp3) is 0.233. The number of morpholine rings is 1. The molecule has 0 unspecified atom stereocenters. The van der Waals surface area contributed by atoms with E-state index in [1.807, 2.05) is 53.4 Å². The molecule has 1 aliphatic rings. The largest absolute Gasteiger partial charge is 0.508 e. The zero-order valence-corrected chi connectivity index (χ0v) is 21.9. The lowest BCUT2D eigenvalue weighted by molar-refractivity contribution is 0.122. The number of benzene rings is 3. The van der Waals surface area contributed by atoms with Gasteiger partial charge < -0.3 is 20.1 Å². The first-order chi connectivity index (χ1) is 19.0. The van der Waals surface area contributed by atoms with Crippen LogP contribution in [0.3, 0.4) is 0 Å². The number of phenolic OH excluding ortho intramolecular Hbond substituents is 1. The Bertz CT molecular complexity index is 1450. The Kier molecular flexibility index (Phi) is 7.98. The average molecular weight is 527 g/mol. The number of hydrogen-bond donors (Lipinski definition) is 3. The number of aromatic hydroxyl groups is 1. The molecule has 39 heavy (non-hydrogen) atoms. The number of nitrogens with zero attached hydrogens (tertiary/aromatic N) is 4. The fourth-order valence-electron chi connectivity index (χ4n) is 4.44. The second kappa shape index (κ2) is 11.9. The Hall–Kier alpha value is -4.50. The molecule has 0 bridgehead atoms. The number of halogens is 1. The topological polar surface area (TPSA) is 94.9 Å². The molecule has 200 valence electrons. The molecule has 3 aromatic carbocycles. The summed E-state index contributed by atoms with van der Waals surface area (Å²) in [5.74, 6) is 0.520. The number of aromatic nitrogens is 2. The first kappa shape index (κ1) is 26.1. The first-order valence-corrected chi connectivity index (χ1v) is 12.9. The van der Waals surface area contributed by atoms with E-state index < -0.39 is 5.82 Å². The highest BCUT2D eigenvalue weighted by Crippen LogP contribution is 2.28. The van der Waals surface area contributed by atoms with E-state index in [4.69, 9.17) is 4.74 Å². The molecular weight excluding hydrogens is 495 g/mol. The molecule has 9 heteroatoms. The quantitative estimate of drug-likeness (QED) is 0.188. The first-order valence-electron chi connectivity index (χ1n) is 12.9. The van der Waals surface area contributed by atoms with Crippen molar-refractivity contribution < 1.29 is 14.2 Å². The third-order valence-electron chi connectivity index (χ3n) is 6.47. The number of rotatable bonds is 8. The summed E-state index contributed by atoms with van der Waals surface area (Å²) < 4.78 is 19.6. The van der Waals surface area contributed by atoms with Crippen LogP contribution in [0.1, 0.15) is 30.9 Å². The molecule has 1 saturated heterocycles. The van der Waals surface area contributed by atoms with Crippen molar-refractivity contribution >= 4 is 29.4 Å². The zero-order chi connectivity index (χ0) is 27.2. The molecule has 8 nitrogen and oxygen atoms in total. The Balaban J connectivity index is 1.27. The molecule has 0 spiro atoms. The van der Waals surface area contributed by atoms with Crippen LogP contribution in [0.4, 0.5) is 27.5 Å². The molecule has 0 atom stereocenters. The monoisotopic (exact) mass is 526 g/mol. The van der Waals surface area contributed by atoms with E-state index in [0.29, 0.717) is 26.3 Å². The van der Waals surface area contributed by atoms with Crippen LogP contribution >= 0.6 is 0 Å². The Morgan fingerprint density at radius 3 is 2.51 bits per heavy atom. The van der Waals surface area contributed by atoms with Crippen molar-refractivity contribution in [3.63, 3.8) is 0 Å². The second-order valence-electron chi connectivity index (χ2n) is 9.59. The van der Waals surface area contributed by atoms with Crippen molar-refractivity contribution in [3.8, 4) is 16.9 Å². The number of anilines is 4. The van der Waals surface area contributed by atoms with Crippen LogP contribution in [0.15, 0.2) is 78.0 Å². The summed E-state index contributed by atoms with van der Waals surface area (Å²) in [7, 11) is 0. The van der Waals surface area contributed by atoms with E-state index in [0.717, 1.165) is 39.8 Å². The van der Waals surface area contributed by atoms with E-state index in [-0.39, 0.29) is 23.4 Å². The van der Waals surface area contributed by atoms with Crippen LogP contribution in [0.25, 0.3) is 11.1 Å². The summed E-state index contributed by atoms with van der Waals surface area (Å²) in [6.45, 7) is 6.50. The van der Waals surface area contributed by atoms with Crippen LogP contribution in [-0.2, 0) is 4.74 Å². The number of hydrazone groups is 1. The maximum absolute atomic E-state index is 14.3. The molecule has 4 aromatic rings. The molecule has 1 fully saturated rings. The highest BCUT2D eigenvalue weighted by molar-refractivity contribution is 5.84. The molecule has 0 aliphatic carbocycles. The third kappa shape index (κ3) is 6.50. The molecule has 1 aliphatic heterocycles. The van der Waals surface area contributed by atoms with Gasteiger partial charge >= 0.3 is 0 Å². The summed E-state index contributed by atoms with van der Waals surface area (Å²) >= 11 is 0. The number of nitrogens with one attached hydrogen (secondary N) is 2. The molecule has 3 N–H and O–H groups in total. The van der Waals surface area contributed by atoms with Crippen molar-refractivity contribution in [1.82, 2.24) is 9.97 Å². The van der Waals surface area contributed by atoms with E-state index in [9.17, 15) is 9.50 Å². The summed E-state index contributed by atoms with van der Waals surface area (Å²) in [4.78, 5) is 10.2. The average Bonchev–Trinajstić information content (AvgIpc) is 2.95. The highest BCUT2D eigenvalue weighted by Gasteiger charge is 2.17. The lowest BCUT2D eigenvalue weighted by atomic mass is 9.97. The number of ether oxygens (including phenoxy) is 1. The van der Waals surface area contributed by atoms with Gasteiger partial charge in [0.05, 0.1) is 25.6 Å². The van der Waals surface area contributed by atoms with Crippen molar-refractivity contribution in [2.75, 3.05) is 41.9 Å². The van der Waals surface area contributed by atoms with Gasteiger partial charge in [0.25, 0.3) is 0 Å². The van der Waals surface area contributed by atoms with E-state index in [1.165, 1.54) is 0 Å². The molecule has 0 saturated carbocycles. The van der Waals surface area contributed by atoms with Gasteiger partial charge in [-0.1, -0.05) is 44.2 Å². The van der Waals surface area contributed by atoms with Gasteiger partial charge in [-0.15, -0.1) is 0 Å². The smallest absolute Gasteiger partial charge is 0.245 e. The van der Waals surface area contributed by atoms with Gasteiger partial charge in [0.2, 0.25) is 5.95 Å². The fourth-order valence-corrected chi connectivity index (χ4v) is 4.44. The summed E-state index contributed by atoms with van der Waals surface area (Å²) in [6, 6.07) is 21.4. The molecular formula is C30H31FN6O2. The summed E-state index contributed by atoms with van der Waals surface area (Å²) in [6.07, 6.45) is 2.89. The maximum Gasteiger partial charge on any atom is 0.245 e. The van der Waals surface area contributed by atoms with Crippen LogP contribution in [-0.4, -0.2) is 47.6 Å². The Morgan fingerprint density at radius 1 is 1.00 bits per heavy atom. The van der Waals surface area contributed by atoms with Crippen molar-refractivity contribution in [1.29, 1.82) is 0 Å². The van der Waals surface area contributed by atoms with Gasteiger partial charge in [-0.05, 0) is 64.6 Å². The van der Waals surface area contributed by atoms with Gasteiger partial charge in [-0.2, -0.15) is 10.1 Å². The van der Waals surface area contributed by atoms with Crippen LogP contribution in [0.5, 0.6) is 5.75 Å². The normalized spacial score (nSPS) is 13.7. The Morgan fingerprint density at radius 2 is 1.77 bits per heavy atom. The van der Waals surface area contributed by atoms with Gasteiger partial charge in [-0.25, -0.2) is 14.8 Å². The van der Waals surface area contributed by atoms with Crippen molar-refractivity contribution in [2.45, 2.75) is 19.8 Å². The van der Waals surface area contributed by atoms with Crippen molar-refractivity contribution in [2.24, 2.45) is 5.10 Å². The minimum absolute atomic E-state index is 0.229. The maximum atomic E-state index is 14.3. The number of hydrogen-bond acceptors (Lipinski definition) is 8. The predicted octanol–water partition coefficient (Wildman–Crippen LogP) is 6.14. The predicted molar refractivity (Wildman–Crippen MR) is 154 cm³/mol. The minimum atomic E-state index is -0.467. The second-order valence-corrected chi connectivity index (χ2v) is 9.59. The standard InChI is InChI=1S/C30H31FN6O2/c1-20(2)27-17-25(34-24-9-6-21(7-10-24)22-4-3-5-26(38)16-22)11-8-23(27)18-33-36-30-32-19-28(31)29(35-30)37-12-14-39-15-13-37/h3-11,16-20,34,38H,12-15H2,1-2H3,(H,32,35,36)/b33-18+. The van der Waals surface area contributed by atoms with Gasteiger partial charge in [-0.3, -0.25) is 0 Å². The van der Waals surface area contributed by atoms with Gasteiger partial charge in [0.1, 0.15) is 5.75 Å². The van der Waals surface area contributed by atoms with Gasteiger partial charge in [0.15, 0.2) is 11.6 Å².